The monoisotopic (exact) mass is 404 g/mol. The van der Waals surface area contributed by atoms with E-state index in [1.165, 1.54) is 31.4 Å². The van der Waals surface area contributed by atoms with Crippen molar-refractivity contribution in [3.05, 3.63) is 72.3 Å². The van der Waals surface area contributed by atoms with Crippen LogP contribution in [0.4, 0.5) is 16.0 Å². The Bertz CT molecular complexity index is 1020. The van der Waals surface area contributed by atoms with Crippen molar-refractivity contribution in [1.82, 2.24) is 14.9 Å². The van der Waals surface area contributed by atoms with Crippen molar-refractivity contribution in [2.45, 2.75) is 38.1 Å². The van der Waals surface area contributed by atoms with E-state index in [0.717, 1.165) is 29.7 Å². The number of carbonyl (C=O) groups is 1. The fourth-order valence-corrected chi connectivity index (χ4v) is 3.91. The van der Waals surface area contributed by atoms with Crippen LogP contribution in [0.15, 0.2) is 60.9 Å². The normalized spacial score (nSPS) is 14.3. The molecule has 0 spiro atoms. The molecule has 0 aliphatic heterocycles. The van der Waals surface area contributed by atoms with Crippen LogP contribution >= 0.6 is 0 Å². The maximum Gasteiger partial charge on any atom is 0.253 e. The standard InChI is InChI=1S/C24H25FN4O/c1-29(22-11-3-2-4-12-22)23(30)18-8-6-10-21(14-18)28-24-26-15-19(16-27-24)17-7-5-9-20(25)13-17/h5-10,13-16,22H,2-4,11-12H2,1H3,(H,26,27,28). The van der Waals surface area contributed by atoms with Crippen LogP contribution in [0.3, 0.4) is 0 Å². The number of nitrogens with one attached hydrogen (secondary N) is 1. The number of amides is 1. The Morgan fingerprint density at radius 3 is 2.47 bits per heavy atom. The highest BCUT2D eigenvalue weighted by Gasteiger charge is 2.23. The van der Waals surface area contributed by atoms with Crippen molar-refractivity contribution in [3.8, 4) is 11.1 Å². The quantitative estimate of drug-likeness (QED) is 0.616. The third kappa shape index (κ3) is 4.64. The molecule has 30 heavy (non-hydrogen) atoms. The molecule has 0 atom stereocenters. The fourth-order valence-electron chi connectivity index (χ4n) is 3.91. The Morgan fingerprint density at radius 1 is 1.00 bits per heavy atom. The van der Waals surface area contributed by atoms with E-state index >= 15 is 0 Å². The van der Waals surface area contributed by atoms with E-state index in [-0.39, 0.29) is 11.7 Å². The van der Waals surface area contributed by atoms with Crippen LogP contribution in [0, 0.1) is 5.82 Å². The highest BCUT2D eigenvalue weighted by molar-refractivity contribution is 5.95. The zero-order valence-electron chi connectivity index (χ0n) is 17.0. The Morgan fingerprint density at radius 2 is 1.73 bits per heavy atom. The van der Waals surface area contributed by atoms with Crippen LogP contribution < -0.4 is 5.32 Å². The van der Waals surface area contributed by atoms with Gasteiger partial charge < -0.3 is 10.2 Å². The summed E-state index contributed by atoms with van der Waals surface area (Å²) in [6, 6.07) is 14.0. The molecule has 5 nitrogen and oxygen atoms in total. The van der Waals surface area contributed by atoms with Crippen molar-refractivity contribution >= 4 is 17.5 Å². The minimum absolute atomic E-state index is 0.0351. The van der Waals surface area contributed by atoms with Gasteiger partial charge in [0, 0.05) is 42.3 Å². The van der Waals surface area contributed by atoms with Gasteiger partial charge in [0.2, 0.25) is 5.95 Å². The van der Waals surface area contributed by atoms with Crippen molar-refractivity contribution in [3.63, 3.8) is 0 Å². The molecule has 2 aromatic carbocycles. The molecule has 154 valence electrons. The molecule has 1 aromatic heterocycles. The zero-order chi connectivity index (χ0) is 20.9. The van der Waals surface area contributed by atoms with Crippen LogP contribution in [0.1, 0.15) is 42.5 Å². The highest BCUT2D eigenvalue weighted by Crippen LogP contribution is 2.24. The Hall–Kier alpha value is -3.28. The highest BCUT2D eigenvalue weighted by atomic mass is 19.1. The number of hydrogen-bond acceptors (Lipinski definition) is 4. The maximum atomic E-state index is 13.4. The van der Waals surface area contributed by atoms with Gasteiger partial charge in [-0.2, -0.15) is 0 Å². The van der Waals surface area contributed by atoms with Crippen molar-refractivity contribution in [1.29, 1.82) is 0 Å². The van der Waals surface area contributed by atoms with Gasteiger partial charge in [0.05, 0.1) is 0 Å². The molecular weight excluding hydrogens is 379 g/mol. The van der Waals surface area contributed by atoms with Gasteiger partial charge in [-0.1, -0.05) is 37.5 Å². The van der Waals surface area contributed by atoms with E-state index in [9.17, 15) is 9.18 Å². The molecule has 1 heterocycles. The molecule has 0 saturated heterocycles. The first-order chi connectivity index (χ1) is 14.6. The second-order valence-electron chi connectivity index (χ2n) is 7.72. The molecule has 1 amide bonds. The molecule has 0 radical (unpaired) electrons. The van der Waals surface area contributed by atoms with Crippen LogP contribution in [-0.4, -0.2) is 33.9 Å². The Kier molecular flexibility index (Phi) is 6.02. The second-order valence-corrected chi connectivity index (χ2v) is 7.72. The lowest BCUT2D eigenvalue weighted by Gasteiger charge is -2.31. The molecular formula is C24H25FN4O. The molecule has 6 heteroatoms. The van der Waals surface area contributed by atoms with Crippen molar-refractivity contribution in [2.24, 2.45) is 0 Å². The van der Waals surface area contributed by atoms with E-state index in [1.807, 2.05) is 42.3 Å². The number of hydrogen-bond donors (Lipinski definition) is 1. The summed E-state index contributed by atoms with van der Waals surface area (Å²) in [7, 11) is 1.90. The Balaban J connectivity index is 1.45. The van der Waals surface area contributed by atoms with Crippen LogP contribution in [0.5, 0.6) is 0 Å². The van der Waals surface area contributed by atoms with Gasteiger partial charge in [-0.05, 0) is 48.7 Å². The predicted molar refractivity (Wildman–Crippen MR) is 116 cm³/mol. The third-order valence-electron chi connectivity index (χ3n) is 5.62. The second kappa shape index (κ2) is 9.03. The van der Waals surface area contributed by atoms with Gasteiger partial charge in [-0.3, -0.25) is 4.79 Å². The summed E-state index contributed by atoms with van der Waals surface area (Å²) in [6.45, 7) is 0. The topological polar surface area (TPSA) is 58.1 Å². The summed E-state index contributed by atoms with van der Waals surface area (Å²) in [5.74, 6) is 0.155. The predicted octanol–water partition coefficient (Wildman–Crippen LogP) is 5.43. The summed E-state index contributed by atoms with van der Waals surface area (Å²) >= 11 is 0. The molecule has 4 rings (SSSR count). The summed E-state index contributed by atoms with van der Waals surface area (Å²) in [5, 5.41) is 3.14. The third-order valence-corrected chi connectivity index (χ3v) is 5.62. The average Bonchev–Trinajstić information content (AvgIpc) is 2.79. The van der Waals surface area contributed by atoms with Crippen LogP contribution in [0.25, 0.3) is 11.1 Å². The summed E-state index contributed by atoms with van der Waals surface area (Å²) in [4.78, 5) is 23.4. The van der Waals surface area contributed by atoms with Gasteiger partial charge in [-0.25, -0.2) is 14.4 Å². The zero-order valence-corrected chi connectivity index (χ0v) is 17.0. The SMILES string of the molecule is CN(C(=O)c1cccc(Nc2ncc(-c3cccc(F)c3)cn2)c1)C1CCCCC1. The smallest absolute Gasteiger partial charge is 0.253 e. The number of benzene rings is 2. The van der Waals surface area contributed by atoms with Gasteiger partial charge in [0.15, 0.2) is 0 Å². The van der Waals surface area contributed by atoms with E-state index in [4.69, 9.17) is 0 Å². The molecule has 0 unspecified atom stereocenters. The Labute approximate surface area is 176 Å². The number of aromatic nitrogens is 2. The first-order valence-electron chi connectivity index (χ1n) is 10.3. The summed E-state index contributed by atoms with van der Waals surface area (Å²) < 4.78 is 13.4. The van der Waals surface area contributed by atoms with Gasteiger partial charge >= 0.3 is 0 Å². The van der Waals surface area contributed by atoms with E-state index < -0.39 is 0 Å². The molecule has 1 N–H and O–H groups in total. The largest absolute Gasteiger partial charge is 0.339 e. The average molecular weight is 404 g/mol. The van der Waals surface area contributed by atoms with Gasteiger partial charge in [0.25, 0.3) is 5.91 Å². The molecule has 1 aliphatic carbocycles. The van der Waals surface area contributed by atoms with Gasteiger partial charge in [0.1, 0.15) is 5.82 Å². The number of anilines is 2. The number of rotatable bonds is 5. The summed E-state index contributed by atoms with van der Waals surface area (Å²) in [6.07, 6.45) is 9.08. The minimum Gasteiger partial charge on any atom is -0.339 e. The van der Waals surface area contributed by atoms with Crippen molar-refractivity contribution < 1.29 is 9.18 Å². The summed E-state index contributed by atoms with van der Waals surface area (Å²) in [5.41, 5.74) is 2.85. The lowest BCUT2D eigenvalue weighted by Crippen LogP contribution is -2.38. The number of nitrogens with zero attached hydrogens (tertiary/aromatic N) is 3. The lowest BCUT2D eigenvalue weighted by molar-refractivity contribution is 0.0696. The molecule has 1 aliphatic rings. The molecule has 1 fully saturated rings. The van der Waals surface area contributed by atoms with E-state index in [0.29, 0.717) is 17.6 Å². The first-order valence-corrected chi connectivity index (χ1v) is 10.3. The molecule has 3 aromatic rings. The molecule has 0 bridgehead atoms. The number of carbonyl (C=O) groups excluding carboxylic acids is 1. The fraction of sp³-hybridized carbons (Fsp3) is 0.292. The van der Waals surface area contributed by atoms with E-state index in [1.54, 1.807) is 18.5 Å². The first kappa shape index (κ1) is 20.0. The van der Waals surface area contributed by atoms with E-state index in [2.05, 4.69) is 15.3 Å². The molecule has 1 saturated carbocycles. The van der Waals surface area contributed by atoms with Crippen LogP contribution in [0.2, 0.25) is 0 Å². The van der Waals surface area contributed by atoms with Crippen molar-refractivity contribution in [2.75, 3.05) is 12.4 Å². The number of halogens is 1. The van der Waals surface area contributed by atoms with Crippen LogP contribution in [-0.2, 0) is 0 Å². The minimum atomic E-state index is -0.297. The lowest BCUT2D eigenvalue weighted by atomic mass is 9.94. The maximum absolute atomic E-state index is 13.4. The van der Waals surface area contributed by atoms with Gasteiger partial charge in [-0.15, -0.1) is 0 Å².